The lowest BCUT2D eigenvalue weighted by atomic mass is 10.3. The van der Waals surface area contributed by atoms with Gasteiger partial charge in [0, 0.05) is 12.1 Å². The van der Waals surface area contributed by atoms with Crippen molar-refractivity contribution in [1.29, 1.82) is 0 Å². The highest BCUT2D eigenvalue weighted by Crippen LogP contribution is 2.38. The highest BCUT2D eigenvalue weighted by Gasteiger charge is 2.28. The van der Waals surface area contributed by atoms with Crippen molar-refractivity contribution in [2.24, 2.45) is 0 Å². The molecule has 8 nitrogen and oxygen atoms in total. The Morgan fingerprint density at radius 3 is 2.30 bits per heavy atom. The van der Waals surface area contributed by atoms with Gasteiger partial charge in [-0.1, -0.05) is 13.0 Å². The zero-order valence-electron chi connectivity index (χ0n) is 15.2. The lowest BCUT2D eigenvalue weighted by Gasteiger charge is -2.02. The minimum atomic E-state index is -4.42. The molecule has 0 bridgehead atoms. The molecule has 0 aliphatic rings. The second-order valence-corrected chi connectivity index (χ2v) is 8.34. The number of thioether (sulfide) groups is 1. The molecule has 0 saturated heterocycles. The van der Waals surface area contributed by atoms with Crippen LogP contribution in [0.2, 0.25) is 0 Å². The van der Waals surface area contributed by atoms with E-state index in [9.17, 15) is 17.8 Å². The Morgan fingerprint density at radius 2 is 1.85 bits per heavy atom. The fourth-order valence-corrected chi connectivity index (χ4v) is 4.52. The second kappa shape index (κ2) is 11.2. The van der Waals surface area contributed by atoms with Gasteiger partial charge in [0.15, 0.2) is 12.4 Å². The minimum Gasteiger partial charge on any atom is -0.726 e. The van der Waals surface area contributed by atoms with Crippen LogP contribution in [0.5, 0.6) is 0 Å². The van der Waals surface area contributed by atoms with E-state index in [1.807, 2.05) is 35.2 Å². The average molecular weight is 435 g/mol. The van der Waals surface area contributed by atoms with Crippen molar-refractivity contribution in [3.63, 3.8) is 0 Å². The van der Waals surface area contributed by atoms with Crippen LogP contribution in [0, 0.1) is 0 Å². The predicted octanol–water partition coefficient (Wildman–Crippen LogP) is 2.38. The average Bonchev–Trinajstić information content (AvgIpc) is 2.92. The third-order valence-corrected chi connectivity index (χ3v) is 5.70. The topological polar surface area (TPSA) is 123 Å². The molecule has 0 fully saturated rings. The molecule has 0 aliphatic carbocycles. The van der Waals surface area contributed by atoms with Crippen molar-refractivity contribution in [2.45, 2.75) is 25.0 Å². The molecular formula is C16H22N2O6S3. The number of nitrogens with two attached hydrogens (primary N) is 1. The summed E-state index contributed by atoms with van der Waals surface area (Å²) < 4.78 is 40.0. The van der Waals surface area contributed by atoms with Gasteiger partial charge in [0.1, 0.15) is 14.8 Å². The van der Waals surface area contributed by atoms with E-state index < -0.39 is 10.4 Å². The summed E-state index contributed by atoms with van der Waals surface area (Å²) >= 11 is 3.07. The molecule has 11 heteroatoms. The van der Waals surface area contributed by atoms with Gasteiger partial charge < -0.3 is 15.0 Å². The number of ether oxygens (including phenoxy) is 1. The molecule has 0 unspecified atom stereocenters. The summed E-state index contributed by atoms with van der Waals surface area (Å²) in [7, 11) is -4.42. The maximum atomic E-state index is 12.0. The molecular weight excluding hydrogens is 412 g/mol. The SMILES string of the molecule is CCOC(=O)c1sc(SCC)c(-[n+]2ccccc2)c1N.CCOS(=O)(=O)[O-]. The summed E-state index contributed by atoms with van der Waals surface area (Å²) in [5, 5.41) is 0. The number of nitrogen functional groups attached to an aromatic ring is 1. The van der Waals surface area contributed by atoms with E-state index in [2.05, 4.69) is 11.1 Å². The summed E-state index contributed by atoms with van der Waals surface area (Å²) in [5.41, 5.74) is 7.53. The Balaban J connectivity index is 0.000000445. The quantitative estimate of drug-likeness (QED) is 0.232. The largest absolute Gasteiger partial charge is 0.726 e. The van der Waals surface area contributed by atoms with Crippen LogP contribution in [0.3, 0.4) is 0 Å². The summed E-state index contributed by atoms with van der Waals surface area (Å²) in [5.74, 6) is 0.568. The van der Waals surface area contributed by atoms with E-state index >= 15 is 0 Å². The van der Waals surface area contributed by atoms with Crippen LogP contribution in [0.25, 0.3) is 5.69 Å². The number of hydrogen-bond acceptors (Lipinski definition) is 9. The van der Waals surface area contributed by atoms with Crippen LogP contribution in [0.4, 0.5) is 5.69 Å². The Hall–Kier alpha value is -1.66. The third kappa shape index (κ3) is 7.46. The van der Waals surface area contributed by atoms with Gasteiger partial charge in [-0.15, -0.1) is 23.1 Å². The molecule has 0 aromatic carbocycles. The fourth-order valence-electron chi connectivity index (χ4n) is 1.93. The van der Waals surface area contributed by atoms with E-state index in [-0.39, 0.29) is 12.6 Å². The first-order valence-corrected chi connectivity index (χ1v) is 11.2. The van der Waals surface area contributed by atoms with Gasteiger partial charge in [-0.2, -0.15) is 4.57 Å². The molecule has 0 aliphatic heterocycles. The van der Waals surface area contributed by atoms with Crippen molar-refractivity contribution >= 4 is 45.2 Å². The smallest absolute Gasteiger partial charge is 0.350 e. The summed E-state index contributed by atoms with van der Waals surface area (Å²) in [6.07, 6.45) is 3.85. The predicted molar refractivity (Wildman–Crippen MR) is 104 cm³/mol. The van der Waals surface area contributed by atoms with Gasteiger partial charge in [-0.05, 0) is 19.6 Å². The Morgan fingerprint density at radius 1 is 1.22 bits per heavy atom. The summed E-state index contributed by atoms with van der Waals surface area (Å²) in [6.45, 7) is 5.54. The number of anilines is 1. The molecule has 0 amide bonds. The van der Waals surface area contributed by atoms with Crippen LogP contribution in [0.1, 0.15) is 30.4 Å². The molecule has 0 spiro atoms. The van der Waals surface area contributed by atoms with Crippen LogP contribution >= 0.6 is 23.1 Å². The first-order chi connectivity index (χ1) is 12.7. The van der Waals surface area contributed by atoms with E-state index in [0.717, 1.165) is 15.6 Å². The first kappa shape index (κ1) is 23.4. The van der Waals surface area contributed by atoms with Gasteiger partial charge >= 0.3 is 5.97 Å². The molecule has 2 rings (SSSR count). The number of pyridine rings is 1. The Labute approximate surface area is 167 Å². The fraction of sp³-hybridized carbons (Fsp3) is 0.375. The van der Waals surface area contributed by atoms with Gasteiger partial charge in [0.05, 0.1) is 13.2 Å². The summed E-state index contributed by atoms with van der Waals surface area (Å²) in [6, 6.07) is 5.81. The van der Waals surface area contributed by atoms with E-state index in [0.29, 0.717) is 17.2 Å². The maximum Gasteiger partial charge on any atom is 0.350 e. The molecule has 2 aromatic heterocycles. The molecule has 0 atom stereocenters. The number of aromatic nitrogens is 1. The van der Waals surface area contributed by atoms with Gasteiger partial charge in [0.2, 0.25) is 10.4 Å². The molecule has 2 aromatic rings. The molecule has 27 heavy (non-hydrogen) atoms. The Kier molecular flexibility index (Phi) is 9.74. The Bertz CT molecular complexity index is 837. The van der Waals surface area contributed by atoms with Gasteiger partial charge in [-0.3, -0.25) is 4.18 Å². The number of carbonyl (C=O) groups excluding carboxylic acids is 1. The lowest BCUT2D eigenvalue weighted by Crippen LogP contribution is -2.30. The van der Waals surface area contributed by atoms with Crippen molar-refractivity contribution in [2.75, 3.05) is 24.7 Å². The number of thiophene rings is 1. The van der Waals surface area contributed by atoms with Crippen molar-refractivity contribution in [3.05, 3.63) is 35.5 Å². The minimum absolute atomic E-state index is 0.0914. The van der Waals surface area contributed by atoms with Gasteiger partial charge in [0.25, 0.3) is 5.69 Å². The number of nitrogens with zero attached hydrogens (tertiary/aromatic N) is 1. The number of carbonyl (C=O) groups is 1. The number of rotatable bonds is 7. The van der Waals surface area contributed by atoms with Crippen LogP contribution < -0.4 is 10.3 Å². The van der Waals surface area contributed by atoms with Crippen LogP contribution in [-0.2, 0) is 19.3 Å². The number of hydrogen-bond donors (Lipinski definition) is 1. The molecule has 0 saturated carbocycles. The summed E-state index contributed by atoms with van der Waals surface area (Å²) in [4.78, 5) is 12.4. The molecule has 150 valence electrons. The lowest BCUT2D eigenvalue weighted by molar-refractivity contribution is -0.596. The van der Waals surface area contributed by atoms with Crippen LogP contribution in [0.15, 0.2) is 34.8 Å². The van der Waals surface area contributed by atoms with E-state index in [4.69, 9.17) is 10.5 Å². The van der Waals surface area contributed by atoms with Crippen LogP contribution in [-0.4, -0.2) is 37.9 Å². The number of esters is 1. The molecule has 2 heterocycles. The van der Waals surface area contributed by atoms with Gasteiger partial charge in [-0.25, -0.2) is 13.2 Å². The van der Waals surface area contributed by atoms with E-state index in [1.165, 1.54) is 18.3 Å². The zero-order valence-corrected chi connectivity index (χ0v) is 17.7. The standard InChI is InChI=1S/C14H16N2O2S2.C2H6O4S/c1-3-18-13(17)12-10(15)11(14(20-12)19-4-2)16-8-6-5-7-9-16;1-2-6-7(3,4)5/h5-9H,3-4H2,1-2H3,(H-,15,17);2H2,1H3,(H,3,4,5). The highest BCUT2D eigenvalue weighted by atomic mass is 32.3. The zero-order chi connectivity index (χ0) is 20.4. The third-order valence-electron chi connectivity index (χ3n) is 2.86. The first-order valence-electron chi connectivity index (χ1n) is 8.04. The van der Waals surface area contributed by atoms with Crippen molar-refractivity contribution in [1.82, 2.24) is 0 Å². The second-order valence-electron chi connectivity index (χ2n) is 4.73. The normalized spacial score (nSPS) is 10.8. The molecule has 0 radical (unpaired) electrons. The molecule has 2 N–H and O–H groups in total. The van der Waals surface area contributed by atoms with E-state index in [1.54, 1.807) is 18.7 Å². The van der Waals surface area contributed by atoms with Crippen molar-refractivity contribution < 1.29 is 31.3 Å². The van der Waals surface area contributed by atoms with Crippen molar-refractivity contribution in [3.8, 4) is 5.69 Å². The monoisotopic (exact) mass is 434 g/mol. The maximum absolute atomic E-state index is 12.0. The highest BCUT2D eigenvalue weighted by molar-refractivity contribution is 8.01.